The Morgan fingerprint density at radius 2 is 1.75 bits per heavy atom. The van der Waals surface area contributed by atoms with E-state index in [1.807, 2.05) is 0 Å². The van der Waals surface area contributed by atoms with Gasteiger partial charge in [-0.05, 0) is 48.9 Å². The molecule has 16 heavy (non-hydrogen) atoms. The summed E-state index contributed by atoms with van der Waals surface area (Å²) in [6.45, 7) is 6.35. The van der Waals surface area contributed by atoms with Crippen LogP contribution in [0.4, 0.5) is 10.1 Å². The molecule has 0 aromatic heterocycles. The molecule has 1 aliphatic rings. The van der Waals surface area contributed by atoms with Gasteiger partial charge in [0.25, 0.3) is 0 Å². The standard InChI is InChI=1S/C14H20FN/c1-11(2)12-8-13(15)10-14(9-12)16-6-4-3-5-7-16/h8-11H,3-7H2,1-2H3. The van der Waals surface area contributed by atoms with E-state index in [1.165, 1.54) is 19.3 Å². The molecule has 2 heteroatoms. The van der Waals surface area contributed by atoms with E-state index in [4.69, 9.17) is 0 Å². The van der Waals surface area contributed by atoms with E-state index in [0.717, 1.165) is 24.3 Å². The second-order valence-corrected chi connectivity index (χ2v) is 4.95. The average Bonchev–Trinajstić information content (AvgIpc) is 2.29. The van der Waals surface area contributed by atoms with E-state index in [-0.39, 0.29) is 5.82 Å². The van der Waals surface area contributed by atoms with Gasteiger partial charge in [-0.2, -0.15) is 0 Å². The molecule has 1 saturated heterocycles. The molecular weight excluding hydrogens is 201 g/mol. The average molecular weight is 221 g/mol. The highest BCUT2D eigenvalue weighted by Crippen LogP contribution is 2.25. The first-order valence-electron chi connectivity index (χ1n) is 6.22. The van der Waals surface area contributed by atoms with Gasteiger partial charge in [-0.3, -0.25) is 0 Å². The highest BCUT2D eigenvalue weighted by Gasteiger charge is 2.13. The van der Waals surface area contributed by atoms with Crippen molar-refractivity contribution in [2.45, 2.75) is 39.0 Å². The van der Waals surface area contributed by atoms with Gasteiger partial charge in [-0.1, -0.05) is 13.8 Å². The van der Waals surface area contributed by atoms with Crippen LogP contribution in [-0.2, 0) is 0 Å². The van der Waals surface area contributed by atoms with E-state index in [9.17, 15) is 4.39 Å². The van der Waals surface area contributed by atoms with E-state index >= 15 is 0 Å². The predicted molar refractivity (Wildman–Crippen MR) is 66.6 cm³/mol. The van der Waals surface area contributed by atoms with Crippen LogP contribution in [0.25, 0.3) is 0 Å². The second-order valence-electron chi connectivity index (χ2n) is 4.95. The van der Waals surface area contributed by atoms with Crippen molar-refractivity contribution in [1.82, 2.24) is 0 Å². The third kappa shape index (κ3) is 2.55. The fourth-order valence-corrected chi connectivity index (χ4v) is 2.26. The zero-order chi connectivity index (χ0) is 11.5. The number of piperidine rings is 1. The summed E-state index contributed by atoms with van der Waals surface area (Å²) < 4.78 is 13.5. The minimum absolute atomic E-state index is 0.105. The van der Waals surface area contributed by atoms with Gasteiger partial charge in [0.2, 0.25) is 0 Å². The third-order valence-corrected chi connectivity index (χ3v) is 3.29. The summed E-state index contributed by atoms with van der Waals surface area (Å²) >= 11 is 0. The summed E-state index contributed by atoms with van der Waals surface area (Å²) in [5.74, 6) is 0.283. The van der Waals surface area contributed by atoms with Gasteiger partial charge in [0, 0.05) is 18.8 Å². The van der Waals surface area contributed by atoms with Crippen molar-refractivity contribution < 1.29 is 4.39 Å². The normalized spacial score (nSPS) is 16.9. The van der Waals surface area contributed by atoms with E-state index in [1.54, 1.807) is 12.1 Å². The van der Waals surface area contributed by atoms with Gasteiger partial charge in [-0.25, -0.2) is 4.39 Å². The van der Waals surface area contributed by atoms with Crippen LogP contribution in [0.15, 0.2) is 18.2 Å². The number of halogens is 1. The summed E-state index contributed by atoms with van der Waals surface area (Å²) in [4.78, 5) is 2.30. The Balaban J connectivity index is 2.25. The van der Waals surface area contributed by atoms with E-state index < -0.39 is 0 Å². The first-order chi connectivity index (χ1) is 7.66. The number of anilines is 1. The lowest BCUT2D eigenvalue weighted by Crippen LogP contribution is -2.29. The van der Waals surface area contributed by atoms with Crippen LogP contribution in [0.2, 0.25) is 0 Å². The lowest BCUT2D eigenvalue weighted by Gasteiger charge is -2.29. The van der Waals surface area contributed by atoms with Crippen molar-refractivity contribution in [3.8, 4) is 0 Å². The zero-order valence-corrected chi connectivity index (χ0v) is 10.2. The highest BCUT2D eigenvalue weighted by molar-refractivity contribution is 5.50. The molecule has 0 bridgehead atoms. The molecule has 1 aromatic carbocycles. The lowest BCUT2D eigenvalue weighted by atomic mass is 10.0. The van der Waals surface area contributed by atoms with Gasteiger partial charge < -0.3 is 4.90 Å². The molecular formula is C14H20FN. The molecule has 1 heterocycles. The maximum absolute atomic E-state index is 13.5. The summed E-state index contributed by atoms with van der Waals surface area (Å²) in [6.07, 6.45) is 3.77. The molecule has 0 radical (unpaired) electrons. The van der Waals surface area contributed by atoms with Crippen LogP contribution in [0.5, 0.6) is 0 Å². The molecule has 1 fully saturated rings. The van der Waals surface area contributed by atoms with Crippen molar-refractivity contribution in [3.05, 3.63) is 29.6 Å². The monoisotopic (exact) mass is 221 g/mol. The maximum Gasteiger partial charge on any atom is 0.125 e. The molecule has 1 nitrogen and oxygen atoms in total. The van der Waals surface area contributed by atoms with Crippen LogP contribution in [0.1, 0.15) is 44.6 Å². The SMILES string of the molecule is CC(C)c1cc(F)cc(N2CCCCC2)c1. The molecule has 88 valence electrons. The van der Waals surface area contributed by atoms with Crippen molar-refractivity contribution in [3.63, 3.8) is 0 Å². The summed E-state index contributed by atoms with van der Waals surface area (Å²) in [5, 5.41) is 0. The van der Waals surface area contributed by atoms with Crippen molar-refractivity contribution in [2.75, 3.05) is 18.0 Å². The van der Waals surface area contributed by atoms with Gasteiger partial charge in [0.15, 0.2) is 0 Å². The number of hydrogen-bond donors (Lipinski definition) is 0. The molecule has 0 atom stereocenters. The maximum atomic E-state index is 13.5. The smallest absolute Gasteiger partial charge is 0.125 e. The molecule has 1 aromatic rings. The summed E-state index contributed by atoms with van der Waals surface area (Å²) in [5.41, 5.74) is 2.16. The molecule has 1 aliphatic heterocycles. The number of rotatable bonds is 2. The van der Waals surface area contributed by atoms with Gasteiger partial charge in [-0.15, -0.1) is 0 Å². The molecule has 0 saturated carbocycles. The fourth-order valence-electron chi connectivity index (χ4n) is 2.26. The molecule has 0 aliphatic carbocycles. The van der Waals surface area contributed by atoms with Crippen LogP contribution in [0.3, 0.4) is 0 Å². The Labute approximate surface area is 97.3 Å². The Kier molecular flexibility index (Phi) is 3.47. The zero-order valence-electron chi connectivity index (χ0n) is 10.2. The summed E-state index contributed by atoms with van der Waals surface area (Å²) in [7, 11) is 0. The Morgan fingerprint density at radius 1 is 1.06 bits per heavy atom. The van der Waals surface area contributed by atoms with Crippen LogP contribution >= 0.6 is 0 Å². The molecule has 0 unspecified atom stereocenters. The van der Waals surface area contributed by atoms with Crippen molar-refractivity contribution >= 4 is 5.69 Å². The second kappa shape index (κ2) is 4.86. The molecule has 2 rings (SSSR count). The predicted octanol–water partition coefficient (Wildman–Crippen LogP) is 3.94. The van der Waals surface area contributed by atoms with Gasteiger partial charge >= 0.3 is 0 Å². The topological polar surface area (TPSA) is 3.24 Å². The van der Waals surface area contributed by atoms with Crippen molar-refractivity contribution in [1.29, 1.82) is 0 Å². The Hall–Kier alpha value is -1.05. The molecule has 0 amide bonds. The van der Waals surface area contributed by atoms with Crippen LogP contribution in [-0.4, -0.2) is 13.1 Å². The molecule has 0 spiro atoms. The Morgan fingerprint density at radius 3 is 2.38 bits per heavy atom. The highest BCUT2D eigenvalue weighted by atomic mass is 19.1. The van der Waals surface area contributed by atoms with Crippen molar-refractivity contribution in [2.24, 2.45) is 0 Å². The lowest BCUT2D eigenvalue weighted by molar-refractivity contribution is 0.573. The Bertz CT molecular complexity index is 354. The number of hydrogen-bond acceptors (Lipinski definition) is 1. The summed E-state index contributed by atoms with van der Waals surface area (Å²) in [6, 6.07) is 5.45. The number of benzene rings is 1. The van der Waals surface area contributed by atoms with E-state index in [0.29, 0.717) is 5.92 Å². The van der Waals surface area contributed by atoms with Crippen LogP contribution < -0.4 is 4.90 Å². The van der Waals surface area contributed by atoms with Crippen LogP contribution in [0, 0.1) is 5.82 Å². The molecule has 0 N–H and O–H groups in total. The minimum Gasteiger partial charge on any atom is -0.371 e. The van der Waals surface area contributed by atoms with Gasteiger partial charge in [0.05, 0.1) is 0 Å². The van der Waals surface area contributed by atoms with E-state index in [2.05, 4.69) is 24.8 Å². The fraction of sp³-hybridized carbons (Fsp3) is 0.571. The quantitative estimate of drug-likeness (QED) is 0.731. The number of nitrogens with zero attached hydrogens (tertiary/aromatic N) is 1. The minimum atomic E-state index is -0.105. The third-order valence-electron chi connectivity index (χ3n) is 3.29. The van der Waals surface area contributed by atoms with Gasteiger partial charge in [0.1, 0.15) is 5.82 Å². The first-order valence-corrected chi connectivity index (χ1v) is 6.22. The largest absolute Gasteiger partial charge is 0.371 e. The first kappa shape index (κ1) is 11.4.